The quantitative estimate of drug-likeness (QED) is 0.690. The number of nitrogens with two attached hydrogens (primary N) is 1. The van der Waals surface area contributed by atoms with Crippen LogP contribution in [0.1, 0.15) is 17.5 Å². The molecule has 0 fully saturated rings. The summed E-state index contributed by atoms with van der Waals surface area (Å²) in [6.07, 6.45) is 0. The molecule has 1 unspecified atom stereocenters. The molecule has 2 aromatic heterocycles. The van der Waals surface area contributed by atoms with Crippen LogP contribution >= 0.6 is 43.2 Å². The lowest BCUT2D eigenvalue weighted by atomic mass is 10.1. The average molecular weight is 415 g/mol. The van der Waals surface area contributed by atoms with E-state index in [9.17, 15) is 0 Å². The number of rotatable bonds is 3. The van der Waals surface area contributed by atoms with Crippen LogP contribution in [-0.2, 0) is 0 Å². The smallest absolute Gasteiger partial charge is 0.257 e. The lowest BCUT2D eigenvalue weighted by Gasteiger charge is -2.05. The molecular weight excluding hydrogens is 406 g/mol. The maximum absolute atomic E-state index is 6.13. The fourth-order valence-corrected chi connectivity index (χ4v) is 3.67. The Morgan fingerprint density at radius 1 is 1.15 bits per heavy atom. The van der Waals surface area contributed by atoms with Gasteiger partial charge in [0.15, 0.2) is 0 Å². The average Bonchev–Trinajstić information content (AvgIpc) is 3.07. The van der Waals surface area contributed by atoms with Gasteiger partial charge >= 0.3 is 0 Å². The molecule has 20 heavy (non-hydrogen) atoms. The number of halogens is 2. The third-order valence-corrected chi connectivity index (χ3v) is 5.97. The summed E-state index contributed by atoms with van der Waals surface area (Å²) in [7, 11) is 0. The zero-order valence-corrected chi connectivity index (χ0v) is 14.1. The second-order valence-corrected chi connectivity index (χ2v) is 7.29. The molecule has 0 aliphatic carbocycles. The standard InChI is InChI=1S/C13H9Br2N3OS/c14-8-6-9(20-11(8)15)12-17-18-13(19-12)10(16)7-4-2-1-3-5-7/h1-6,10H,16H2. The van der Waals surface area contributed by atoms with E-state index in [2.05, 4.69) is 42.1 Å². The van der Waals surface area contributed by atoms with Crippen LogP contribution in [0, 0.1) is 0 Å². The molecule has 2 heterocycles. The molecule has 102 valence electrons. The van der Waals surface area contributed by atoms with Gasteiger partial charge in [-0.3, -0.25) is 0 Å². The third-order valence-electron chi connectivity index (χ3n) is 2.72. The summed E-state index contributed by atoms with van der Waals surface area (Å²) in [5.41, 5.74) is 7.07. The van der Waals surface area contributed by atoms with Crippen molar-refractivity contribution in [3.05, 3.63) is 56.1 Å². The van der Waals surface area contributed by atoms with Gasteiger partial charge in [0, 0.05) is 4.47 Å². The molecular formula is C13H9Br2N3OS. The molecule has 0 spiro atoms. The molecule has 0 aliphatic rings. The highest BCUT2D eigenvalue weighted by Crippen LogP contribution is 2.38. The molecule has 0 saturated heterocycles. The summed E-state index contributed by atoms with van der Waals surface area (Å²) < 4.78 is 7.62. The zero-order valence-electron chi connectivity index (χ0n) is 10.1. The minimum Gasteiger partial charge on any atom is -0.418 e. The fraction of sp³-hybridized carbons (Fsp3) is 0.0769. The van der Waals surface area contributed by atoms with Gasteiger partial charge in [-0.25, -0.2) is 0 Å². The predicted molar refractivity (Wildman–Crippen MR) is 85.5 cm³/mol. The Hall–Kier alpha value is -1.02. The number of hydrogen-bond donors (Lipinski definition) is 1. The van der Waals surface area contributed by atoms with Crippen LogP contribution < -0.4 is 5.73 Å². The zero-order chi connectivity index (χ0) is 14.1. The van der Waals surface area contributed by atoms with Gasteiger partial charge in [-0.1, -0.05) is 30.3 Å². The van der Waals surface area contributed by atoms with Crippen LogP contribution in [0.25, 0.3) is 10.8 Å². The normalized spacial score (nSPS) is 12.6. The Morgan fingerprint density at radius 3 is 2.55 bits per heavy atom. The summed E-state index contributed by atoms with van der Waals surface area (Å²) in [6, 6.07) is 11.2. The van der Waals surface area contributed by atoms with Gasteiger partial charge in [0.1, 0.15) is 6.04 Å². The first-order valence-corrected chi connectivity index (χ1v) is 8.14. The van der Waals surface area contributed by atoms with Crippen molar-refractivity contribution < 1.29 is 4.42 Å². The van der Waals surface area contributed by atoms with E-state index in [1.165, 1.54) is 11.3 Å². The molecule has 4 nitrogen and oxygen atoms in total. The van der Waals surface area contributed by atoms with Crippen LogP contribution in [-0.4, -0.2) is 10.2 Å². The van der Waals surface area contributed by atoms with Crippen LogP contribution in [0.4, 0.5) is 0 Å². The minimum atomic E-state index is -0.413. The van der Waals surface area contributed by atoms with Crippen LogP contribution in [0.3, 0.4) is 0 Å². The van der Waals surface area contributed by atoms with E-state index in [1.54, 1.807) is 0 Å². The molecule has 1 atom stereocenters. The van der Waals surface area contributed by atoms with E-state index < -0.39 is 6.04 Å². The van der Waals surface area contributed by atoms with Crippen molar-refractivity contribution >= 4 is 43.2 Å². The second-order valence-electron chi connectivity index (χ2n) is 4.07. The summed E-state index contributed by atoms with van der Waals surface area (Å²) in [4.78, 5) is 0.891. The number of hydrogen-bond acceptors (Lipinski definition) is 5. The van der Waals surface area contributed by atoms with Gasteiger partial charge in [0.2, 0.25) is 5.89 Å². The van der Waals surface area contributed by atoms with Gasteiger partial charge in [-0.05, 0) is 43.5 Å². The Bertz CT molecular complexity index is 707. The highest BCUT2D eigenvalue weighted by atomic mass is 79.9. The summed E-state index contributed by atoms with van der Waals surface area (Å²) in [6.45, 7) is 0. The molecule has 3 rings (SSSR count). The lowest BCUT2D eigenvalue weighted by molar-refractivity contribution is 0.485. The van der Waals surface area contributed by atoms with Gasteiger partial charge in [-0.15, -0.1) is 21.5 Å². The lowest BCUT2D eigenvalue weighted by Crippen LogP contribution is -2.11. The van der Waals surface area contributed by atoms with Crippen molar-refractivity contribution in [2.24, 2.45) is 5.73 Å². The summed E-state index contributed by atoms with van der Waals surface area (Å²) in [5.74, 6) is 0.884. The molecule has 1 aromatic carbocycles. The van der Waals surface area contributed by atoms with Crippen molar-refractivity contribution in [1.82, 2.24) is 10.2 Å². The van der Waals surface area contributed by atoms with Gasteiger partial charge in [0.25, 0.3) is 5.89 Å². The van der Waals surface area contributed by atoms with Gasteiger partial charge in [0.05, 0.1) is 8.66 Å². The van der Waals surface area contributed by atoms with Gasteiger partial charge in [-0.2, -0.15) is 0 Å². The van der Waals surface area contributed by atoms with Crippen molar-refractivity contribution in [3.8, 4) is 10.8 Å². The topological polar surface area (TPSA) is 64.9 Å². The molecule has 7 heteroatoms. The van der Waals surface area contributed by atoms with Gasteiger partial charge < -0.3 is 10.2 Å². The van der Waals surface area contributed by atoms with Crippen molar-refractivity contribution in [1.29, 1.82) is 0 Å². The predicted octanol–water partition coefficient (Wildman–Crippen LogP) is 4.37. The first-order valence-electron chi connectivity index (χ1n) is 5.74. The molecule has 0 amide bonds. The first kappa shape index (κ1) is 13.9. The summed E-state index contributed by atoms with van der Waals surface area (Å²) in [5, 5.41) is 8.10. The van der Waals surface area contributed by atoms with Crippen LogP contribution in [0.5, 0.6) is 0 Å². The van der Waals surface area contributed by atoms with Crippen LogP contribution in [0.2, 0.25) is 0 Å². The number of benzene rings is 1. The maximum Gasteiger partial charge on any atom is 0.257 e. The Kier molecular flexibility index (Phi) is 4.02. The highest BCUT2D eigenvalue weighted by Gasteiger charge is 2.18. The molecule has 3 aromatic rings. The number of nitrogens with zero attached hydrogens (tertiary/aromatic N) is 2. The van der Waals surface area contributed by atoms with E-state index >= 15 is 0 Å². The molecule has 0 radical (unpaired) electrons. The molecule has 0 aliphatic heterocycles. The Labute approximate surface area is 136 Å². The maximum atomic E-state index is 6.13. The summed E-state index contributed by atoms with van der Waals surface area (Å²) >= 11 is 8.40. The highest BCUT2D eigenvalue weighted by molar-refractivity contribution is 9.13. The first-order chi connectivity index (χ1) is 9.65. The Balaban J connectivity index is 1.90. The van der Waals surface area contributed by atoms with Crippen molar-refractivity contribution in [2.75, 3.05) is 0 Å². The fourth-order valence-electron chi connectivity index (χ4n) is 1.71. The second kappa shape index (κ2) is 5.77. The largest absolute Gasteiger partial charge is 0.418 e. The number of aromatic nitrogens is 2. The van der Waals surface area contributed by atoms with E-state index in [-0.39, 0.29) is 0 Å². The molecule has 0 saturated carbocycles. The SMILES string of the molecule is NC(c1ccccc1)c1nnc(-c2cc(Br)c(Br)s2)o1. The van der Waals surface area contributed by atoms with Crippen molar-refractivity contribution in [2.45, 2.75) is 6.04 Å². The van der Waals surface area contributed by atoms with E-state index in [0.717, 1.165) is 18.7 Å². The monoisotopic (exact) mass is 413 g/mol. The van der Waals surface area contributed by atoms with E-state index in [4.69, 9.17) is 10.2 Å². The minimum absolute atomic E-state index is 0.409. The third kappa shape index (κ3) is 2.71. The van der Waals surface area contributed by atoms with Crippen molar-refractivity contribution in [3.63, 3.8) is 0 Å². The van der Waals surface area contributed by atoms with E-state index in [1.807, 2.05) is 36.4 Å². The molecule has 0 bridgehead atoms. The Morgan fingerprint density at radius 2 is 1.90 bits per heavy atom. The number of thiophene rings is 1. The van der Waals surface area contributed by atoms with Crippen LogP contribution in [0.15, 0.2) is 49.1 Å². The van der Waals surface area contributed by atoms with E-state index in [0.29, 0.717) is 11.8 Å². The molecule has 2 N–H and O–H groups in total.